The number of para-hydroxylation sites is 2. The highest BCUT2D eigenvalue weighted by molar-refractivity contribution is 6.28. The smallest absolute Gasteiger partial charge is 0.164 e. The van der Waals surface area contributed by atoms with Gasteiger partial charge in [-0.1, -0.05) is 170 Å². The number of fused-ring (bicyclic) bond motifs is 13. The van der Waals surface area contributed by atoms with Crippen molar-refractivity contribution in [2.75, 3.05) is 0 Å². The van der Waals surface area contributed by atoms with Gasteiger partial charge in [-0.3, -0.25) is 0 Å². The molecule has 0 atom stereocenters. The molecule has 10 aromatic carbocycles. The fraction of sp³-hybridized carbons (Fsp3) is 0. The van der Waals surface area contributed by atoms with Crippen LogP contribution in [0.5, 0.6) is 0 Å². The molecule has 0 spiro atoms. The lowest BCUT2D eigenvalue weighted by Gasteiger charge is -2.14. The van der Waals surface area contributed by atoms with E-state index in [1.54, 1.807) is 0 Å². The molecule has 62 heavy (non-hydrogen) atoms. The number of hydrogen-bond acceptors (Lipinski definition) is 3. The van der Waals surface area contributed by atoms with Gasteiger partial charge >= 0.3 is 0 Å². The second-order valence-corrected chi connectivity index (χ2v) is 16.0. The van der Waals surface area contributed by atoms with Gasteiger partial charge in [-0.25, -0.2) is 15.0 Å². The van der Waals surface area contributed by atoms with Crippen LogP contribution in [0.25, 0.3) is 121 Å². The molecular weight excluding hydrogens is 755 g/mol. The van der Waals surface area contributed by atoms with E-state index in [9.17, 15) is 0 Å². The molecule has 0 bridgehead atoms. The van der Waals surface area contributed by atoms with E-state index in [1.807, 2.05) is 60.7 Å². The Balaban J connectivity index is 1.06. The van der Waals surface area contributed by atoms with Crippen molar-refractivity contribution in [3.8, 4) is 45.5 Å². The second kappa shape index (κ2) is 13.6. The van der Waals surface area contributed by atoms with Gasteiger partial charge in [-0.2, -0.15) is 0 Å². The van der Waals surface area contributed by atoms with Crippen LogP contribution in [0.3, 0.4) is 0 Å². The van der Waals surface area contributed by atoms with E-state index < -0.39 is 0 Å². The predicted molar refractivity (Wildman–Crippen MR) is 257 cm³/mol. The van der Waals surface area contributed by atoms with Crippen molar-refractivity contribution in [3.05, 3.63) is 212 Å². The Morgan fingerprint density at radius 1 is 0.258 bits per heavy atom. The minimum atomic E-state index is 0.624. The maximum absolute atomic E-state index is 5.08. The van der Waals surface area contributed by atoms with Crippen molar-refractivity contribution in [3.63, 3.8) is 0 Å². The summed E-state index contributed by atoms with van der Waals surface area (Å²) in [5.74, 6) is 1.91. The lowest BCUT2D eigenvalue weighted by molar-refractivity contribution is 1.07. The van der Waals surface area contributed by atoms with E-state index >= 15 is 0 Å². The van der Waals surface area contributed by atoms with Crippen LogP contribution in [0, 0.1) is 0 Å². The van der Waals surface area contributed by atoms with Crippen LogP contribution in [0.4, 0.5) is 0 Å². The van der Waals surface area contributed by atoms with Gasteiger partial charge in [0.15, 0.2) is 17.5 Å². The van der Waals surface area contributed by atoms with E-state index in [-0.39, 0.29) is 0 Å². The Hall–Kier alpha value is -8.41. The SMILES string of the molecule is c1ccc(-c2nc(-c3ccccc3)nc(-c3cccc(-n4c5ccccc5c5c4ccc4c6ccccc6n(-c6ccc7c8ccccc8c8ccccc8c7c6)c45)c3)n2)cc1. The fourth-order valence-corrected chi connectivity index (χ4v) is 9.81. The van der Waals surface area contributed by atoms with Crippen LogP contribution < -0.4 is 0 Å². The molecule has 0 aliphatic heterocycles. The van der Waals surface area contributed by atoms with Gasteiger partial charge in [0.1, 0.15) is 0 Å². The molecular formula is C57H35N5. The van der Waals surface area contributed by atoms with Gasteiger partial charge in [0, 0.05) is 49.6 Å². The number of hydrogen-bond donors (Lipinski definition) is 0. The van der Waals surface area contributed by atoms with Crippen LogP contribution in [-0.4, -0.2) is 24.1 Å². The van der Waals surface area contributed by atoms with Gasteiger partial charge in [-0.05, 0) is 74.8 Å². The largest absolute Gasteiger partial charge is 0.309 e. The van der Waals surface area contributed by atoms with Gasteiger partial charge in [0.05, 0.1) is 22.1 Å². The van der Waals surface area contributed by atoms with Crippen molar-refractivity contribution in [1.29, 1.82) is 0 Å². The molecule has 288 valence electrons. The maximum Gasteiger partial charge on any atom is 0.164 e. The minimum Gasteiger partial charge on any atom is -0.309 e. The van der Waals surface area contributed by atoms with Crippen molar-refractivity contribution in [1.82, 2.24) is 24.1 Å². The first-order valence-corrected chi connectivity index (χ1v) is 21.0. The molecule has 13 aromatic rings. The molecule has 0 aliphatic rings. The summed E-state index contributed by atoms with van der Waals surface area (Å²) < 4.78 is 4.89. The lowest BCUT2D eigenvalue weighted by atomic mass is 9.94. The van der Waals surface area contributed by atoms with E-state index in [0.717, 1.165) is 39.1 Å². The van der Waals surface area contributed by atoms with Gasteiger partial charge in [0.25, 0.3) is 0 Å². The molecule has 0 unspecified atom stereocenters. The summed E-state index contributed by atoms with van der Waals surface area (Å²) in [6.07, 6.45) is 0. The summed E-state index contributed by atoms with van der Waals surface area (Å²) in [5.41, 5.74) is 9.59. The molecule has 3 heterocycles. The zero-order valence-electron chi connectivity index (χ0n) is 33.4. The Bertz CT molecular complexity index is 3830. The molecule has 0 saturated heterocycles. The monoisotopic (exact) mass is 789 g/mol. The van der Waals surface area contributed by atoms with Crippen LogP contribution in [0.1, 0.15) is 0 Å². The van der Waals surface area contributed by atoms with Crippen LogP contribution in [0.15, 0.2) is 212 Å². The average molecular weight is 790 g/mol. The quantitative estimate of drug-likeness (QED) is 0.163. The Morgan fingerprint density at radius 3 is 1.34 bits per heavy atom. The average Bonchev–Trinajstić information content (AvgIpc) is 3.87. The molecule has 0 N–H and O–H groups in total. The third-order valence-electron chi connectivity index (χ3n) is 12.5. The number of rotatable bonds is 5. The molecule has 0 amide bonds. The summed E-state index contributed by atoms with van der Waals surface area (Å²) in [6.45, 7) is 0. The molecule has 3 aromatic heterocycles. The van der Waals surface area contributed by atoms with Crippen LogP contribution in [-0.2, 0) is 0 Å². The molecule has 0 aliphatic carbocycles. The Morgan fingerprint density at radius 2 is 0.710 bits per heavy atom. The highest BCUT2D eigenvalue weighted by Crippen LogP contribution is 2.43. The van der Waals surface area contributed by atoms with Gasteiger partial charge < -0.3 is 9.13 Å². The highest BCUT2D eigenvalue weighted by atomic mass is 15.0. The first-order valence-electron chi connectivity index (χ1n) is 21.0. The normalized spacial score (nSPS) is 11.9. The summed E-state index contributed by atoms with van der Waals surface area (Å²) in [5, 5.41) is 12.4. The summed E-state index contributed by atoms with van der Waals surface area (Å²) >= 11 is 0. The second-order valence-electron chi connectivity index (χ2n) is 16.0. The Labute approximate surface area is 356 Å². The van der Waals surface area contributed by atoms with Crippen molar-refractivity contribution >= 4 is 75.9 Å². The van der Waals surface area contributed by atoms with Crippen molar-refractivity contribution < 1.29 is 0 Å². The molecule has 0 saturated carbocycles. The number of benzene rings is 10. The Kier molecular flexibility index (Phi) is 7.54. The zero-order valence-corrected chi connectivity index (χ0v) is 33.4. The first-order chi connectivity index (χ1) is 30.8. The van der Waals surface area contributed by atoms with E-state index in [2.05, 4.69) is 161 Å². The summed E-state index contributed by atoms with van der Waals surface area (Å²) in [6, 6.07) is 75.7. The summed E-state index contributed by atoms with van der Waals surface area (Å²) in [7, 11) is 0. The van der Waals surface area contributed by atoms with Gasteiger partial charge in [-0.15, -0.1) is 0 Å². The first kappa shape index (κ1) is 34.5. The fourth-order valence-electron chi connectivity index (χ4n) is 9.81. The minimum absolute atomic E-state index is 0.624. The van der Waals surface area contributed by atoms with Gasteiger partial charge in [0.2, 0.25) is 0 Å². The molecule has 0 fully saturated rings. The third-order valence-corrected chi connectivity index (χ3v) is 12.5. The topological polar surface area (TPSA) is 48.5 Å². The molecule has 5 heteroatoms. The molecule has 13 rings (SSSR count). The lowest BCUT2D eigenvalue weighted by Crippen LogP contribution is -2.01. The van der Waals surface area contributed by atoms with Crippen LogP contribution >= 0.6 is 0 Å². The van der Waals surface area contributed by atoms with Crippen molar-refractivity contribution in [2.45, 2.75) is 0 Å². The number of nitrogens with zero attached hydrogens (tertiary/aromatic N) is 5. The van der Waals surface area contributed by atoms with E-state index in [1.165, 1.54) is 64.9 Å². The predicted octanol–water partition coefficient (Wildman–Crippen LogP) is 14.5. The zero-order chi connectivity index (χ0) is 40.7. The standard InChI is InChI=1S/C57H35N5/c1-3-16-36(17-4-1)55-58-56(37-18-5-2-6-19-37)60-57(59-55)38-20-15-21-39(34-38)61-51-29-14-12-27-48(51)53-52(61)33-32-47-46-26-11-13-28-50(46)62(54(47)53)40-30-31-45-43-24-8-7-22-41(43)42-23-9-10-25-44(42)49(45)35-40/h1-35H. The maximum atomic E-state index is 5.08. The van der Waals surface area contributed by atoms with Crippen LogP contribution in [0.2, 0.25) is 0 Å². The van der Waals surface area contributed by atoms with E-state index in [4.69, 9.17) is 15.0 Å². The molecule has 5 nitrogen and oxygen atoms in total. The third kappa shape index (κ3) is 5.18. The molecule has 0 radical (unpaired) electrons. The summed E-state index contributed by atoms with van der Waals surface area (Å²) in [4.78, 5) is 15.1. The highest BCUT2D eigenvalue weighted by Gasteiger charge is 2.22. The van der Waals surface area contributed by atoms with Crippen molar-refractivity contribution in [2.24, 2.45) is 0 Å². The van der Waals surface area contributed by atoms with E-state index in [0.29, 0.717) is 17.5 Å². The number of aromatic nitrogens is 5.